The molecule has 1 heterocycles. The van der Waals surface area contributed by atoms with E-state index in [0.717, 1.165) is 92.7 Å². The van der Waals surface area contributed by atoms with Crippen molar-refractivity contribution in [2.75, 3.05) is 11.5 Å². The molecule has 0 aliphatic carbocycles. The molecule has 0 saturated carbocycles. The van der Waals surface area contributed by atoms with Gasteiger partial charge in [-0.2, -0.15) is 0 Å². The summed E-state index contributed by atoms with van der Waals surface area (Å²) in [6.07, 6.45) is 21.6. The Kier molecular flexibility index (Phi) is 16.9. The highest BCUT2D eigenvalue weighted by atomic mass is 32.2. The van der Waals surface area contributed by atoms with Crippen LogP contribution in [-0.4, -0.2) is 28.3 Å². The predicted octanol–water partition coefficient (Wildman–Crippen LogP) is 17.1. The van der Waals surface area contributed by atoms with Crippen molar-refractivity contribution < 1.29 is 16.8 Å². The Morgan fingerprint density at radius 3 is 0.889 bits per heavy atom. The van der Waals surface area contributed by atoms with Gasteiger partial charge in [0.05, 0.1) is 21.3 Å². The molecule has 0 atom stereocenters. The average Bonchev–Trinajstić information content (AvgIpc) is 3.70. The second-order valence-electron chi connectivity index (χ2n) is 17.8. The van der Waals surface area contributed by atoms with Gasteiger partial charge in [0.1, 0.15) is 9.79 Å². The highest BCUT2D eigenvalue weighted by Gasteiger charge is 2.37. The first-order valence-corrected chi connectivity index (χ1v) is 28.3. The van der Waals surface area contributed by atoms with E-state index in [4.69, 9.17) is 0 Å². The maximum Gasteiger partial charge on any atom is 0.181 e. The molecule has 0 unspecified atom stereocenters. The van der Waals surface area contributed by atoms with E-state index >= 15 is 16.8 Å². The van der Waals surface area contributed by atoms with Gasteiger partial charge in [-0.1, -0.05) is 226 Å². The van der Waals surface area contributed by atoms with Crippen molar-refractivity contribution in [3.63, 3.8) is 0 Å². The van der Waals surface area contributed by atoms with Crippen LogP contribution >= 0.6 is 11.3 Å². The smallest absolute Gasteiger partial charge is 0.181 e. The zero-order valence-corrected chi connectivity index (χ0v) is 40.3. The lowest BCUT2D eigenvalue weighted by Gasteiger charge is -2.15. The molecular formula is C56H68O4S3. The van der Waals surface area contributed by atoms with E-state index in [0.29, 0.717) is 22.6 Å². The Balaban J connectivity index is 1.37. The molecule has 4 nitrogen and oxygen atoms in total. The first kappa shape index (κ1) is 46.9. The van der Waals surface area contributed by atoms with Crippen molar-refractivity contribution in [2.45, 2.75) is 152 Å². The predicted molar refractivity (Wildman–Crippen MR) is 273 cm³/mol. The lowest BCUT2D eigenvalue weighted by Crippen LogP contribution is -2.15. The first-order valence-electron chi connectivity index (χ1n) is 24.2. The van der Waals surface area contributed by atoms with Crippen LogP contribution < -0.4 is 0 Å². The topological polar surface area (TPSA) is 68.3 Å². The number of sulfone groups is 2. The van der Waals surface area contributed by atoms with Gasteiger partial charge in [0, 0.05) is 11.1 Å². The second-order valence-corrected chi connectivity index (χ2v) is 22.9. The third-order valence-electron chi connectivity index (χ3n) is 13.0. The van der Waals surface area contributed by atoms with Gasteiger partial charge in [-0.25, -0.2) is 16.8 Å². The minimum Gasteiger partial charge on any atom is -0.224 e. The van der Waals surface area contributed by atoms with E-state index in [2.05, 4.69) is 74.5 Å². The van der Waals surface area contributed by atoms with E-state index in [1.54, 1.807) is 0 Å². The maximum absolute atomic E-state index is 15.5. The molecule has 7 aromatic rings. The number of thiophene rings is 1. The lowest BCUT2D eigenvalue weighted by molar-refractivity contribution is 0.555. The minimum atomic E-state index is -4.11. The molecule has 1 aromatic heterocycles. The van der Waals surface area contributed by atoms with Crippen LogP contribution in [0.15, 0.2) is 119 Å². The van der Waals surface area contributed by atoms with Crippen molar-refractivity contribution in [3.8, 4) is 20.9 Å². The molecule has 334 valence electrons. The number of unbranched alkanes of at least 4 members (excludes halogenated alkanes) is 18. The summed E-state index contributed by atoms with van der Waals surface area (Å²) in [5, 5.41) is 7.63. The maximum atomic E-state index is 15.5. The van der Waals surface area contributed by atoms with Crippen LogP contribution in [0.25, 0.3) is 64.0 Å². The van der Waals surface area contributed by atoms with Gasteiger partial charge in [-0.3, -0.25) is 0 Å². The molecule has 7 rings (SSSR count). The highest BCUT2D eigenvalue weighted by Crippen LogP contribution is 2.53. The van der Waals surface area contributed by atoms with Gasteiger partial charge < -0.3 is 0 Å². The average molecular weight is 901 g/mol. The van der Waals surface area contributed by atoms with E-state index in [1.807, 2.05) is 48.5 Å². The number of rotatable bonds is 26. The Hall–Kier alpha value is -4.04. The zero-order chi connectivity index (χ0) is 44.1. The van der Waals surface area contributed by atoms with E-state index in [-0.39, 0.29) is 21.3 Å². The Labute approximate surface area is 382 Å². The first-order chi connectivity index (χ1) is 30.7. The fourth-order valence-corrected chi connectivity index (χ4v) is 15.8. The molecule has 0 spiro atoms. The minimum absolute atomic E-state index is 0.00373. The van der Waals surface area contributed by atoms with E-state index in [1.165, 1.54) is 88.4 Å². The second kappa shape index (κ2) is 22.7. The molecule has 0 bridgehead atoms. The number of benzene rings is 6. The third kappa shape index (κ3) is 11.4. The van der Waals surface area contributed by atoms with Crippen LogP contribution in [0.3, 0.4) is 0 Å². The Morgan fingerprint density at radius 2 is 0.603 bits per heavy atom. The lowest BCUT2D eigenvalue weighted by atomic mass is 9.95. The molecule has 0 aliphatic heterocycles. The fourth-order valence-electron chi connectivity index (χ4n) is 9.57. The Morgan fingerprint density at radius 1 is 0.349 bits per heavy atom. The molecular weight excluding hydrogens is 833 g/mol. The summed E-state index contributed by atoms with van der Waals surface area (Å²) in [6.45, 7) is 4.47. The summed E-state index contributed by atoms with van der Waals surface area (Å²) < 4.78 is 61.8. The number of hydrogen-bond acceptors (Lipinski definition) is 5. The van der Waals surface area contributed by atoms with Gasteiger partial charge in [-0.15, -0.1) is 11.3 Å². The summed E-state index contributed by atoms with van der Waals surface area (Å²) in [6, 6.07) is 36.8. The van der Waals surface area contributed by atoms with Crippen LogP contribution in [0, 0.1) is 0 Å². The summed E-state index contributed by atoms with van der Waals surface area (Å²) in [5.74, 6) is -0.182. The van der Waals surface area contributed by atoms with Gasteiger partial charge in [0.2, 0.25) is 0 Å². The Bertz CT molecular complexity index is 2520. The van der Waals surface area contributed by atoms with Crippen molar-refractivity contribution in [3.05, 3.63) is 109 Å². The molecule has 6 aromatic carbocycles. The van der Waals surface area contributed by atoms with Gasteiger partial charge in [0.15, 0.2) is 19.7 Å². The largest absolute Gasteiger partial charge is 0.224 e. The van der Waals surface area contributed by atoms with Crippen molar-refractivity contribution >= 4 is 74.1 Å². The molecule has 0 aliphatic rings. The van der Waals surface area contributed by atoms with Gasteiger partial charge in [-0.05, 0) is 68.1 Å². The van der Waals surface area contributed by atoms with E-state index in [9.17, 15) is 0 Å². The summed E-state index contributed by atoms with van der Waals surface area (Å²) in [4.78, 5) is 1.07. The number of fused-ring (bicyclic) bond motifs is 4. The molecule has 63 heavy (non-hydrogen) atoms. The molecule has 0 N–H and O–H groups in total. The van der Waals surface area contributed by atoms with Gasteiger partial charge in [0.25, 0.3) is 0 Å². The monoisotopic (exact) mass is 900 g/mol. The molecule has 0 amide bonds. The van der Waals surface area contributed by atoms with Crippen LogP contribution in [0.1, 0.15) is 142 Å². The fraction of sp³-hybridized carbons (Fsp3) is 0.429. The van der Waals surface area contributed by atoms with Crippen LogP contribution in [0.2, 0.25) is 0 Å². The van der Waals surface area contributed by atoms with E-state index < -0.39 is 19.7 Å². The summed E-state index contributed by atoms with van der Waals surface area (Å²) in [7, 11) is -8.23. The SMILES string of the molecule is CCCCCCCCCCCCS(=O)(=O)c1c(-c2c3ccccc3cc3ccccc23)sc(-c2c3ccccc3cc3ccccc23)c1S(=O)(=O)CCCCCCCCCCCC. The van der Waals surface area contributed by atoms with Crippen molar-refractivity contribution in [2.24, 2.45) is 0 Å². The number of hydrogen-bond donors (Lipinski definition) is 0. The third-order valence-corrected chi connectivity index (χ3v) is 18.3. The van der Waals surface area contributed by atoms with Crippen LogP contribution in [-0.2, 0) is 19.7 Å². The summed E-state index contributed by atoms with van der Waals surface area (Å²) in [5.41, 5.74) is 1.59. The van der Waals surface area contributed by atoms with Crippen molar-refractivity contribution in [1.29, 1.82) is 0 Å². The molecule has 0 radical (unpaired) electrons. The quantitative estimate of drug-likeness (QED) is 0.0401. The van der Waals surface area contributed by atoms with Gasteiger partial charge >= 0.3 is 0 Å². The summed E-state index contributed by atoms with van der Waals surface area (Å²) >= 11 is 1.36. The highest BCUT2D eigenvalue weighted by molar-refractivity contribution is 7.95. The van der Waals surface area contributed by atoms with Crippen LogP contribution in [0.4, 0.5) is 0 Å². The van der Waals surface area contributed by atoms with Crippen molar-refractivity contribution in [1.82, 2.24) is 0 Å². The zero-order valence-electron chi connectivity index (χ0n) is 37.8. The van der Waals surface area contributed by atoms with Crippen LogP contribution in [0.5, 0.6) is 0 Å². The molecule has 7 heteroatoms. The standard InChI is InChI=1S/C56H68O4S3/c1-3-5-7-9-11-13-15-17-19-29-39-62(57,58)55-53(51-47-35-25-21-31-43(47)41-44-32-22-26-36-48(44)51)61-54(52-49-37-27-23-33-45(49)42-46-34-24-28-38-50(46)52)56(55)63(59,60)40-30-20-18-16-14-12-10-8-6-4-2/h21-28,31-38,41-42H,3-20,29-30,39-40H2,1-2H3. The molecule has 0 saturated heterocycles. The normalized spacial score (nSPS) is 12.3. The molecule has 0 fully saturated rings.